The first-order valence-corrected chi connectivity index (χ1v) is 5.23. The number of rotatable bonds is 5. The van der Waals surface area contributed by atoms with E-state index in [-0.39, 0.29) is 6.42 Å². The summed E-state index contributed by atoms with van der Waals surface area (Å²) >= 11 is 0. The van der Waals surface area contributed by atoms with E-state index < -0.39 is 5.97 Å². The second kappa shape index (κ2) is 4.96. The van der Waals surface area contributed by atoms with Gasteiger partial charge in [-0.1, -0.05) is 13.8 Å². The predicted octanol–water partition coefficient (Wildman–Crippen LogP) is 1.86. The number of imidazole rings is 1. The van der Waals surface area contributed by atoms with Crippen LogP contribution in [0.4, 0.5) is 0 Å². The van der Waals surface area contributed by atoms with Gasteiger partial charge in [0, 0.05) is 6.54 Å². The molecule has 0 aromatic carbocycles. The summed E-state index contributed by atoms with van der Waals surface area (Å²) in [6.07, 6.45) is 2.84. The van der Waals surface area contributed by atoms with Gasteiger partial charge in [-0.05, 0) is 19.3 Å². The number of carboxylic acids is 1. The predicted molar refractivity (Wildman–Crippen MR) is 57.8 cm³/mol. The number of hydrogen-bond donors (Lipinski definition) is 1. The van der Waals surface area contributed by atoms with E-state index >= 15 is 0 Å². The zero-order valence-electron chi connectivity index (χ0n) is 9.53. The normalized spacial score (nSPS) is 10.9. The Bertz CT molecular complexity index is 342. The summed E-state index contributed by atoms with van der Waals surface area (Å²) in [5.41, 5.74) is 1.64. The molecule has 0 radical (unpaired) electrons. The van der Waals surface area contributed by atoms with Gasteiger partial charge in [0.25, 0.3) is 0 Å². The van der Waals surface area contributed by atoms with E-state index in [1.165, 1.54) is 0 Å². The summed E-state index contributed by atoms with van der Waals surface area (Å²) in [6.45, 7) is 7.01. The number of aryl methyl sites for hydroxylation is 2. The topological polar surface area (TPSA) is 55.1 Å². The fraction of sp³-hybridized carbons (Fsp3) is 0.636. The molecule has 0 fully saturated rings. The summed E-state index contributed by atoms with van der Waals surface area (Å²) < 4.78 is 1.95. The Balaban J connectivity index is 2.74. The van der Waals surface area contributed by atoms with Gasteiger partial charge in [-0.2, -0.15) is 0 Å². The smallest absolute Gasteiger partial charge is 0.309 e. The fourth-order valence-corrected chi connectivity index (χ4v) is 1.47. The molecule has 1 aromatic heterocycles. The van der Waals surface area contributed by atoms with Crippen molar-refractivity contribution in [3.8, 4) is 0 Å². The monoisotopic (exact) mass is 210 g/mol. The number of carboxylic acid groups (broad SMARTS) is 1. The van der Waals surface area contributed by atoms with E-state index in [4.69, 9.17) is 5.11 Å². The largest absolute Gasteiger partial charge is 0.481 e. The van der Waals surface area contributed by atoms with Gasteiger partial charge < -0.3 is 9.67 Å². The van der Waals surface area contributed by atoms with Crippen molar-refractivity contribution >= 4 is 5.97 Å². The van der Waals surface area contributed by atoms with E-state index in [0.717, 1.165) is 24.4 Å². The van der Waals surface area contributed by atoms with Gasteiger partial charge in [-0.15, -0.1) is 0 Å². The Labute approximate surface area is 89.9 Å². The Morgan fingerprint density at radius 2 is 2.27 bits per heavy atom. The maximum Gasteiger partial charge on any atom is 0.309 e. The molecule has 0 amide bonds. The van der Waals surface area contributed by atoms with Gasteiger partial charge in [-0.25, -0.2) is 4.98 Å². The van der Waals surface area contributed by atoms with Crippen molar-refractivity contribution < 1.29 is 9.90 Å². The Kier molecular flexibility index (Phi) is 3.88. The van der Waals surface area contributed by atoms with E-state index in [0.29, 0.717) is 5.92 Å². The molecule has 1 aromatic rings. The molecule has 4 nitrogen and oxygen atoms in total. The van der Waals surface area contributed by atoms with Crippen LogP contribution in [-0.2, 0) is 17.8 Å². The van der Waals surface area contributed by atoms with Gasteiger partial charge in [0.15, 0.2) is 0 Å². The molecule has 0 saturated carbocycles. The molecule has 1 heterocycles. The Hall–Kier alpha value is -1.32. The molecule has 0 spiro atoms. The zero-order chi connectivity index (χ0) is 11.4. The maximum atomic E-state index is 10.7. The third-order valence-electron chi connectivity index (χ3n) is 2.42. The zero-order valence-corrected chi connectivity index (χ0v) is 9.53. The van der Waals surface area contributed by atoms with Crippen molar-refractivity contribution in [2.45, 2.75) is 40.2 Å². The molecule has 0 aliphatic heterocycles. The van der Waals surface area contributed by atoms with Crippen LogP contribution >= 0.6 is 0 Å². The highest BCUT2D eigenvalue weighted by Gasteiger charge is 2.11. The number of hydrogen-bond acceptors (Lipinski definition) is 2. The number of aliphatic carboxylic acids is 1. The SMILES string of the molecule is Cc1ncn(CCC(C)C)c1CC(=O)O. The lowest BCUT2D eigenvalue weighted by Gasteiger charge is -2.09. The fourth-order valence-electron chi connectivity index (χ4n) is 1.47. The summed E-state index contributed by atoms with van der Waals surface area (Å²) in [5, 5.41) is 8.77. The van der Waals surface area contributed by atoms with Crippen molar-refractivity contribution in [1.82, 2.24) is 9.55 Å². The van der Waals surface area contributed by atoms with E-state index in [9.17, 15) is 4.79 Å². The minimum Gasteiger partial charge on any atom is -0.481 e. The molecule has 0 saturated heterocycles. The Morgan fingerprint density at radius 1 is 1.60 bits per heavy atom. The number of nitrogens with zero attached hydrogens (tertiary/aromatic N) is 2. The van der Waals surface area contributed by atoms with Gasteiger partial charge in [0.2, 0.25) is 0 Å². The number of carbonyl (C=O) groups is 1. The lowest BCUT2D eigenvalue weighted by molar-refractivity contribution is -0.136. The third-order valence-corrected chi connectivity index (χ3v) is 2.42. The van der Waals surface area contributed by atoms with Crippen LogP contribution in [0.2, 0.25) is 0 Å². The lowest BCUT2D eigenvalue weighted by Crippen LogP contribution is -2.10. The molecule has 0 bridgehead atoms. The van der Waals surface area contributed by atoms with Crippen molar-refractivity contribution in [2.24, 2.45) is 5.92 Å². The molecule has 1 rings (SSSR count). The molecule has 84 valence electrons. The van der Waals surface area contributed by atoms with Gasteiger partial charge in [0.1, 0.15) is 0 Å². The molecule has 0 aliphatic rings. The minimum absolute atomic E-state index is 0.0595. The van der Waals surface area contributed by atoms with Crippen LogP contribution in [0.25, 0.3) is 0 Å². The maximum absolute atomic E-state index is 10.7. The molecule has 1 N–H and O–H groups in total. The van der Waals surface area contributed by atoms with Crippen LogP contribution in [0.15, 0.2) is 6.33 Å². The van der Waals surface area contributed by atoms with Crippen molar-refractivity contribution in [3.63, 3.8) is 0 Å². The van der Waals surface area contributed by atoms with Gasteiger partial charge in [0.05, 0.1) is 24.1 Å². The summed E-state index contributed by atoms with van der Waals surface area (Å²) in [5.74, 6) is -0.185. The van der Waals surface area contributed by atoms with Crippen molar-refractivity contribution in [2.75, 3.05) is 0 Å². The summed E-state index contributed by atoms with van der Waals surface area (Å²) in [7, 11) is 0. The third kappa shape index (κ3) is 3.38. The first-order valence-electron chi connectivity index (χ1n) is 5.23. The van der Waals surface area contributed by atoms with Crippen LogP contribution in [0.5, 0.6) is 0 Å². The van der Waals surface area contributed by atoms with Crippen LogP contribution in [0.1, 0.15) is 31.7 Å². The standard InChI is InChI=1S/C11H18N2O2/c1-8(2)4-5-13-7-12-9(3)10(13)6-11(14)15/h7-8H,4-6H2,1-3H3,(H,14,15). The van der Waals surface area contributed by atoms with E-state index in [2.05, 4.69) is 18.8 Å². The molecule has 0 unspecified atom stereocenters. The van der Waals surface area contributed by atoms with Gasteiger partial charge >= 0.3 is 5.97 Å². The van der Waals surface area contributed by atoms with Crippen LogP contribution in [0.3, 0.4) is 0 Å². The van der Waals surface area contributed by atoms with Crippen LogP contribution in [0, 0.1) is 12.8 Å². The quantitative estimate of drug-likeness (QED) is 0.807. The minimum atomic E-state index is -0.801. The Morgan fingerprint density at radius 3 is 2.80 bits per heavy atom. The average Bonchev–Trinajstić information content (AvgIpc) is 2.44. The molecule has 0 aliphatic carbocycles. The van der Waals surface area contributed by atoms with Crippen LogP contribution < -0.4 is 0 Å². The summed E-state index contributed by atoms with van der Waals surface area (Å²) in [4.78, 5) is 14.8. The van der Waals surface area contributed by atoms with E-state index in [1.54, 1.807) is 6.33 Å². The molecular weight excluding hydrogens is 192 g/mol. The summed E-state index contributed by atoms with van der Waals surface area (Å²) in [6, 6.07) is 0. The van der Waals surface area contributed by atoms with Gasteiger partial charge in [-0.3, -0.25) is 4.79 Å². The highest BCUT2D eigenvalue weighted by atomic mass is 16.4. The second-order valence-electron chi connectivity index (χ2n) is 4.22. The van der Waals surface area contributed by atoms with E-state index in [1.807, 2.05) is 11.5 Å². The first-order chi connectivity index (χ1) is 7.00. The lowest BCUT2D eigenvalue weighted by atomic mass is 10.1. The van der Waals surface area contributed by atoms with Crippen LogP contribution in [-0.4, -0.2) is 20.6 Å². The molecule has 4 heteroatoms. The molecule has 0 atom stereocenters. The highest BCUT2D eigenvalue weighted by molar-refractivity contribution is 5.69. The highest BCUT2D eigenvalue weighted by Crippen LogP contribution is 2.10. The molecule has 15 heavy (non-hydrogen) atoms. The number of aromatic nitrogens is 2. The molecular formula is C11H18N2O2. The van der Waals surface area contributed by atoms with Crippen molar-refractivity contribution in [1.29, 1.82) is 0 Å². The average molecular weight is 210 g/mol. The van der Waals surface area contributed by atoms with Crippen molar-refractivity contribution in [3.05, 3.63) is 17.7 Å². The second-order valence-corrected chi connectivity index (χ2v) is 4.22. The first kappa shape index (κ1) is 11.8.